The smallest absolute Gasteiger partial charge is 0.0508 e. The van der Waals surface area contributed by atoms with Gasteiger partial charge in [-0.05, 0) is 115 Å². The lowest BCUT2D eigenvalue weighted by Gasteiger charge is -2.33. The number of hydrogen-bond donors (Lipinski definition) is 0. The Kier molecular flexibility index (Phi) is 7.30. The number of benzene rings is 8. The fraction of sp³-hybridized carbons (Fsp3) is 0.0769. The van der Waals surface area contributed by atoms with Gasteiger partial charge in [-0.3, -0.25) is 0 Å². The van der Waals surface area contributed by atoms with Gasteiger partial charge >= 0.3 is 0 Å². The quantitative estimate of drug-likeness (QED) is 0.179. The molecule has 0 aromatic heterocycles. The molecule has 2 aliphatic rings. The Bertz CT molecular complexity index is 2680. The highest BCUT2D eigenvalue weighted by Gasteiger charge is 2.39. The van der Waals surface area contributed by atoms with E-state index in [4.69, 9.17) is 0 Å². The summed E-state index contributed by atoms with van der Waals surface area (Å²) < 4.78 is 0. The predicted molar refractivity (Wildman–Crippen MR) is 223 cm³/mol. The molecule has 0 fully saturated rings. The first kappa shape index (κ1) is 31.3. The van der Waals surface area contributed by atoms with Crippen LogP contribution in [0.4, 0.5) is 17.1 Å². The van der Waals surface area contributed by atoms with E-state index in [2.05, 4.69) is 207 Å². The maximum absolute atomic E-state index is 2.51. The van der Waals surface area contributed by atoms with Gasteiger partial charge in [0.25, 0.3) is 0 Å². The summed E-state index contributed by atoms with van der Waals surface area (Å²) in [5, 5.41) is 0. The molecular formula is C52H39N. The molecule has 0 bridgehead atoms. The minimum atomic E-state index is -0.184. The van der Waals surface area contributed by atoms with E-state index < -0.39 is 0 Å². The molecule has 0 saturated carbocycles. The summed E-state index contributed by atoms with van der Waals surface area (Å²) in [7, 11) is 0. The van der Waals surface area contributed by atoms with Crippen molar-refractivity contribution >= 4 is 17.1 Å². The first-order chi connectivity index (χ1) is 26.1. The third kappa shape index (κ3) is 5.07. The minimum absolute atomic E-state index is 0.184. The molecule has 8 aromatic rings. The van der Waals surface area contributed by atoms with Crippen LogP contribution < -0.4 is 4.90 Å². The van der Waals surface area contributed by atoms with Crippen molar-refractivity contribution in [2.24, 2.45) is 0 Å². The zero-order valence-corrected chi connectivity index (χ0v) is 30.1. The Labute approximate surface area is 312 Å². The monoisotopic (exact) mass is 677 g/mol. The average molecular weight is 678 g/mol. The van der Waals surface area contributed by atoms with Gasteiger partial charge in [0.05, 0.1) is 5.69 Å². The van der Waals surface area contributed by atoms with Crippen LogP contribution >= 0.6 is 0 Å². The van der Waals surface area contributed by atoms with Crippen molar-refractivity contribution in [1.82, 2.24) is 0 Å². The van der Waals surface area contributed by atoms with Gasteiger partial charge in [0.15, 0.2) is 0 Å². The Morgan fingerprint density at radius 3 is 1.66 bits per heavy atom. The van der Waals surface area contributed by atoms with Gasteiger partial charge in [-0.1, -0.05) is 172 Å². The second-order valence-corrected chi connectivity index (χ2v) is 14.9. The van der Waals surface area contributed by atoms with Crippen molar-refractivity contribution in [2.75, 3.05) is 4.90 Å². The molecule has 0 saturated heterocycles. The Morgan fingerprint density at radius 2 is 0.906 bits per heavy atom. The lowest BCUT2D eigenvalue weighted by Crippen LogP contribution is -2.20. The standard InChI is InChI=1S/C52H39N/c1-52(2)49-28-13-12-26-46(49)47-27-15-29-50(51(47)52)53(39-21-14-20-36(33-39)35-16-4-3-5-17-35)40-30-31-45-44-25-11-10-24-43(44)41-22-8-6-18-37(41)32-38-19-7-9-23-42(38)48(45)34-40/h3-31,33-34H,32H2,1-2H3. The number of fused-ring (bicyclic) bond motifs is 10. The van der Waals surface area contributed by atoms with Gasteiger partial charge in [-0.25, -0.2) is 0 Å². The topological polar surface area (TPSA) is 3.24 Å². The molecule has 53 heavy (non-hydrogen) atoms. The zero-order chi connectivity index (χ0) is 35.5. The molecule has 0 atom stereocenters. The van der Waals surface area contributed by atoms with E-state index in [0.29, 0.717) is 0 Å². The van der Waals surface area contributed by atoms with Gasteiger partial charge in [-0.2, -0.15) is 0 Å². The average Bonchev–Trinajstić information content (AvgIpc) is 3.47. The Hall–Kier alpha value is -6.44. The molecular weight excluding hydrogens is 639 g/mol. The second kappa shape index (κ2) is 12.4. The first-order valence-corrected chi connectivity index (χ1v) is 18.7. The Morgan fingerprint density at radius 1 is 0.377 bits per heavy atom. The SMILES string of the molecule is CC1(C)c2ccccc2-c2cccc(N(c3cccc(-c4ccccc4)c3)c3ccc4c(c3)-c3ccccc3Cc3ccccc3-c3ccccc3-4)c21. The normalized spacial score (nSPS) is 13.2. The van der Waals surface area contributed by atoms with Crippen molar-refractivity contribution in [3.63, 3.8) is 0 Å². The molecule has 8 aromatic carbocycles. The summed E-state index contributed by atoms with van der Waals surface area (Å²) in [5.74, 6) is 0. The molecule has 0 amide bonds. The summed E-state index contributed by atoms with van der Waals surface area (Å²) in [6.07, 6.45) is 0.867. The van der Waals surface area contributed by atoms with Crippen molar-refractivity contribution in [3.05, 3.63) is 210 Å². The molecule has 0 spiro atoms. The van der Waals surface area contributed by atoms with Crippen LogP contribution in [-0.4, -0.2) is 0 Å². The van der Waals surface area contributed by atoms with E-state index >= 15 is 0 Å². The van der Waals surface area contributed by atoms with Crippen LogP contribution in [0.25, 0.3) is 55.6 Å². The van der Waals surface area contributed by atoms with Crippen LogP contribution in [0.5, 0.6) is 0 Å². The summed E-state index contributed by atoms with van der Waals surface area (Å²) >= 11 is 0. The Balaban J connectivity index is 1.25. The summed E-state index contributed by atoms with van der Waals surface area (Å²) in [5.41, 5.74) is 21.4. The second-order valence-electron chi connectivity index (χ2n) is 14.9. The summed E-state index contributed by atoms with van der Waals surface area (Å²) in [6.45, 7) is 4.77. The molecule has 0 N–H and O–H groups in total. The minimum Gasteiger partial charge on any atom is -0.310 e. The van der Waals surface area contributed by atoms with Crippen LogP contribution in [0.3, 0.4) is 0 Å². The molecule has 0 radical (unpaired) electrons. The van der Waals surface area contributed by atoms with Gasteiger partial charge < -0.3 is 4.90 Å². The molecule has 1 heteroatoms. The van der Waals surface area contributed by atoms with Gasteiger partial charge in [0.1, 0.15) is 0 Å². The fourth-order valence-electron chi connectivity index (χ4n) is 9.05. The number of rotatable bonds is 4. The first-order valence-electron chi connectivity index (χ1n) is 18.7. The van der Waals surface area contributed by atoms with Crippen molar-refractivity contribution < 1.29 is 0 Å². The lowest BCUT2D eigenvalue weighted by molar-refractivity contribution is 0.661. The molecule has 252 valence electrons. The van der Waals surface area contributed by atoms with E-state index in [0.717, 1.165) is 17.8 Å². The largest absolute Gasteiger partial charge is 0.310 e. The highest BCUT2D eigenvalue weighted by Crippen LogP contribution is 2.55. The summed E-state index contributed by atoms with van der Waals surface area (Å²) in [6, 6.07) is 69.6. The van der Waals surface area contributed by atoms with Crippen LogP contribution in [0.1, 0.15) is 36.1 Å². The van der Waals surface area contributed by atoms with Crippen LogP contribution in [0.2, 0.25) is 0 Å². The number of nitrogens with zero attached hydrogens (tertiary/aromatic N) is 1. The predicted octanol–water partition coefficient (Wildman–Crippen LogP) is 14.0. The van der Waals surface area contributed by atoms with E-state index in [1.54, 1.807) is 0 Å². The van der Waals surface area contributed by atoms with Crippen LogP contribution in [0.15, 0.2) is 188 Å². The van der Waals surface area contributed by atoms with Crippen LogP contribution in [0, 0.1) is 0 Å². The van der Waals surface area contributed by atoms with E-state index in [-0.39, 0.29) is 5.41 Å². The third-order valence-electron chi connectivity index (χ3n) is 11.5. The lowest BCUT2D eigenvalue weighted by atomic mass is 9.81. The number of hydrogen-bond acceptors (Lipinski definition) is 1. The van der Waals surface area contributed by atoms with Gasteiger partial charge in [0, 0.05) is 16.8 Å². The van der Waals surface area contributed by atoms with E-state index in [1.165, 1.54) is 83.6 Å². The summed E-state index contributed by atoms with van der Waals surface area (Å²) in [4.78, 5) is 2.51. The third-order valence-corrected chi connectivity index (χ3v) is 11.5. The van der Waals surface area contributed by atoms with Crippen LogP contribution in [-0.2, 0) is 11.8 Å². The van der Waals surface area contributed by atoms with Crippen molar-refractivity contribution in [1.29, 1.82) is 0 Å². The molecule has 0 unspecified atom stereocenters. The highest BCUT2D eigenvalue weighted by atomic mass is 15.1. The maximum Gasteiger partial charge on any atom is 0.0508 e. The van der Waals surface area contributed by atoms with E-state index in [1.807, 2.05) is 0 Å². The number of anilines is 3. The highest BCUT2D eigenvalue weighted by molar-refractivity contribution is 5.97. The fourth-order valence-corrected chi connectivity index (χ4v) is 9.05. The molecule has 0 aliphatic heterocycles. The molecule has 10 rings (SSSR count). The van der Waals surface area contributed by atoms with Gasteiger partial charge in [0.2, 0.25) is 0 Å². The van der Waals surface area contributed by atoms with Crippen molar-refractivity contribution in [3.8, 4) is 55.6 Å². The van der Waals surface area contributed by atoms with Crippen molar-refractivity contribution in [2.45, 2.75) is 25.7 Å². The molecule has 2 aliphatic carbocycles. The van der Waals surface area contributed by atoms with Gasteiger partial charge in [-0.15, -0.1) is 0 Å². The van der Waals surface area contributed by atoms with E-state index in [9.17, 15) is 0 Å². The zero-order valence-electron chi connectivity index (χ0n) is 30.1. The maximum atomic E-state index is 2.51. The molecule has 1 nitrogen and oxygen atoms in total. The molecule has 0 heterocycles.